The van der Waals surface area contributed by atoms with Crippen LogP contribution < -0.4 is 10.3 Å². The van der Waals surface area contributed by atoms with E-state index in [0.29, 0.717) is 35.3 Å². The lowest BCUT2D eigenvalue weighted by Crippen LogP contribution is -2.43. The largest absolute Gasteiger partial charge is 0.490 e. The maximum Gasteiger partial charge on any atom is 0.275 e. The van der Waals surface area contributed by atoms with E-state index in [1.165, 1.54) is 24.2 Å². The van der Waals surface area contributed by atoms with E-state index in [-0.39, 0.29) is 17.6 Å². The van der Waals surface area contributed by atoms with Crippen molar-refractivity contribution in [2.45, 2.75) is 63.8 Å². The van der Waals surface area contributed by atoms with E-state index in [0.717, 1.165) is 29.2 Å². The van der Waals surface area contributed by atoms with Gasteiger partial charge in [-0.25, -0.2) is 4.98 Å². The summed E-state index contributed by atoms with van der Waals surface area (Å²) in [6.07, 6.45) is 7.00. The molecule has 3 aromatic rings. The van der Waals surface area contributed by atoms with Crippen LogP contribution in [0.15, 0.2) is 41.5 Å². The molecule has 8 heteroatoms. The normalized spacial score (nSPS) is 22.6. The molecule has 0 saturated carbocycles. The summed E-state index contributed by atoms with van der Waals surface area (Å²) in [4.78, 5) is 34.7. The van der Waals surface area contributed by atoms with Crippen LogP contribution in [0.2, 0.25) is 0 Å². The van der Waals surface area contributed by atoms with E-state index >= 15 is 0 Å². The quantitative estimate of drug-likeness (QED) is 0.553. The first kappa shape index (κ1) is 22.1. The summed E-state index contributed by atoms with van der Waals surface area (Å²) < 4.78 is 8.46. The molecule has 0 aliphatic carbocycles. The van der Waals surface area contributed by atoms with Gasteiger partial charge in [0.15, 0.2) is 0 Å². The average Bonchev–Trinajstić information content (AvgIpc) is 3.30. The number of amides is 1. The first-order chi connectivity index (χ1) is 15.9. The molecule has 2 aromatic heterocycles. The number of rotatable bonds is 6. The predicted octanol–water partition coefficient (Wildman–Crippen LogP) is 3.82. The highest BCUT2D eigenvalue weighted by Crippen LogP contribution is 2.36. The summed E-state index contributed by atoms with van der Waals surface area (Å²) in [6, 6.07) is 10.9. The van der Waals surface area contributed by atoms with Gasteiger partial charge >= 0.3 is 0 Å². The summed E-state index contributed by atoms with van der Waals surface area (Å²) in [5, 5.41) is 0. The highest BCUT2D eigenvalue weighted by molar-refractivity contribution is 7.18. The fourth-order valence-electron chi connectivity index (χ4n) is 5.15. The Morgan fingerprint density at radius 3 is 2.58 bits per heavy atom. The average molecular weight is 467 g/mol. The summed E-state index contributed by atoms with van der Waals surface area (Å²) in [7, 11) is 4.01. The molecule has 1 amide bonds. The number of thiophene rings is 1. The molecule has 174 valence electrons. The zero-order valence-corrected chi connectivity index (χ0v) is 20.2. The number of hydrogen-bond donors (Lipinski definition) is 0. The van der Waals surface area contributed by atoms with Crippen molar-refractivity contribution >= 4 is 27.5 Å². The number of ether oxygens (including phenoxy) is 1. The predicted molar refractivity (Wildman–Crippen MR) is 130 cm³/mol. The Kier molecular flexibility index (Phi) is 5.97. The minimum absolute atomic E-state index is 0.0769. The van der Waals surface area contributed by atoms with Gasteiger partial charge in [-0.2, -0.15) is 0 Å². The maximum absolute atomic E-state index is 13.1. The molecule has 0 radical (unpaired) electrons. The Hall–Kier alpha value is -2.71. The topological polar surface area (TPSA) is 67.7 Å². The lowest BCUT2D eigenvalue weighted by Gasteiger charge is -2.36. The van der Waals surface area contributed by atoms with Gasteiger partial charge in [-0.05, 0) is 63.1 Å². The monoisotopic (exact) mass is 466 g/mol. The van der Waals surface area contributed by atoms with Gasteiger partial charge in [0.2, 0.25) is 5.91 Å². The number of aromatic nitrogens is 2. The highest BCUT2D eigenvalue weighted by Gasteiger charge is 2.39. The third-order valence-corrected chi connectivity index (χ3v) is 8.18. The molecule has 1 aromatic carbocycles. The molecule has 0 unspecified atom stereocenters. The van der Waals surface area contributed by atoms with Crippen molar-refractivity contribution in [2.75, 3.05) is 14.1 Å². The van der Waals surface area contributed by atoms with Crippen LogP contribution in [0.4, 0.5) is 0 Å². The molecule has 5 rings (SSSR count). The van der Waals surface area contributed by atoms with Crippen LogP contribution in [0.3, 0.4) is 0 Å². The van der Waals surface area contributed by atoms with Crippen LogP contribution in [-0.2, 0) is 11.3 Å². The zero-order chi connectivity index (χ0) is 23.1. The second-order valence-corrected chi connectivity index (χ2v) is 10.3. The molecule has 7 nitrogen and oxygen atoms in total. The van der Waals surface area contributed by atoms with E-state index in [4.69, 9.17) is 4.74 Å². The molecular weight excluding hydrogens is 436 g/mol. The van der Waals surface area contributed by atoms with Crippen molar-refractivity contribution in [3.8, 4) is 11.4 Å². The Labute approximate surface area is 197 Å². The van der Waals surface area contributed by atoms with Gasteiger partial charge in [0.05, 0.1) is 17.7 Å². The number of piperidine rings is 1. The number of carbonyl (C=O) groups is 1. The van der Waals surface area contributed by atoms with Crippen molar-refractivity contribution in [3.63, 3.8) is 0 Å². The second-order valence-electron chi connectivity index (χ2n) is 9.21. The Morgan fingerprint density at radius 2 is 1.91 bits per heavy atom. The fraction of sp³-hybridized carbons (Fsp3) is 0.480. The first-order valence-electron chi connectivity index (χ1n) is 11.7. The van der Waals surface area contributed by atoms with Crippen LogP contribution in [0.5, 0.6) is 5.75 Å². The third-order valence-electron chi connectivity index (χ3n) is 7.08. The molecular formula is C25H30N4O3S. The van der Waals surface area contributed by atoms with E-state index < -0.39 is 0 Å². The molecule has 3 atom stereocenters. The van der Waals surface area contributed by atoms with Crippen LogP contribution in [0, 0.1) is 0 Å². The van der Waals surface area contributed by atoms with Crippen molar-refractivity contribution in [1.29, 1.82) is 0 Å². The highest BCUT2D eigenvalue weighted by atomic mass is 32.1. The summed E-state index contributed by atoms with van der Waals surface area (Å²) in [5.41, 5.74) is 1.34. The molecule has 2 aliphatic heterocycles. The third kappa shape index (κ3) is 4.29. The van der Waals surface area contributed by atoms with E-state index in [1.54, 1.807) is 22.8 Å². The van der Waals surface area contributed by atoms with Gasteiger partial charge in [-0.1, -0.05) is 6.92 Å². The van der Waals surface area contributed by atoms with E-state index in [9.17, 15) is 9.59 Å². The molecule has 0 N–H and O–H groups in total. The Balaban J connectivity index is 1.32. The minimum Gasteiger partial charge on any atom is -0.490 e. The summed E-state index contributed by atoms with van der Waals surface area (Å²) in [6.45, 7) is 2.33. The van der Waals surface area contributed by atoms with Crippen molar-refractivity contribution < 1.29 is 9.53 Å². The number of hydrogen-bond acceptors (Lipinski definition) is 6. The van der Waals surface area contributed by atoms with Gasteiger partial charge in [0.25, 0.3) is 5.56 Å². The lowest BCUT2D eigenvalue weighted by molar-refractivity contribution is -0.130. The Bertz CT molecular complexity index is 1200. The van der Waals surface area contributed by atoms with Crippen molar-refractivity contribution in [2.24, 2.45) is 0 Å². The minimum atomic E-state index is -0.0960. The number of nitrogens with zero attached hydrogens (tertiary/aromatic N) is 4. The lowest BCUT2D eigenvalue weighted by atomic mass is 10.0. The fourth-order valence-corrected chi connectivity index (χ4v) is 6.24. The van der Waals surface area contributed by atoms with Gasteiger partial charge in [0, 0.05) is 30.4 Å². The Morgan fingerprint density at radius 1 is 1.21 bits per heavy atom. The molecule has 2 aliphatic rings. The van der Waals surface area contributed by atoms with Gasteiger partial charge < -0.3 is 14.5 Å². The van der Waals surface area contributed by atoms with E-state index in [2.05, 4.69) is 16.9 Å². The smallest absolute Gasteiger partial charge is 0.275 e. The van der Waals surface area contributed by atoms with Crippen LogP contribution in [-0.4, -0.2) is 57.5 Å². The zero-order valence-electron chi connectivity index (χ0n) is 19.4. The molecule has 2 bridgehead atoms. The number of fused-ring (bicyclic) bond motifs is 3. The molecule has 2 fully saturated rings. The van der Waals surface area contributed by atoms with Crippen LogP contribution in [0.1, 0.15) is 43.9 Å². The second kappa shape index (κ2) is 8.91. The van der Waals surface area contributed by atoms with E-state index in [1.807, 2.05) is 37.3 Å². The number of benzene rings is 1. The summed E-state index contributed by atoms with van der Waals surface area (Å²) >= 11 is 1.40. The molecule has 0 spiro atoms. The van der Waals surface area contributed by atoms with Gasteiger partial charge in [-0.3, -0.25) is 14.2 Å². The maximum atomic E-state index is 13.1. The van der Waals surface area contributed by atoms with Crippen molar-refractivity contribution in [3.05, 3.63) is 51.9 Å². The number of carbonyl (C=O) groups excluding carboxylic acids is 1. The molecule has 2 saturated heterocycles. The van der Waals surface area contributed by atoms with Crippen molar-refractivity contribution in [1.82, 2.24) is 19.4 Å². The summed E-state index contributed by atoms with van der Waals surface area (Å²) in [5.74, 6) is 0.921. The van der Waals surface area contributed by atoms with Crippen LogP contribution >= 0.6 is 11.3 Å². The first-order valence-corrected chi connectivity index (χ1v) is 12.5. The SMILES string of the molecule is CCC(=O)N(C)Cc1cc2ncn(-c3ccc(O[C@H]4C[C@H]5CC[C@@H](C4)N5C)cc3)c(=O)c2s1. The molecule has 33 heavy (non-hydrogen) atoms. The standard InChI is InChI=1S/C25H30N4O3S/c1-4-23(30)27(2)14-21-13-22-24(33-21)25(31)29(15-26-22)16-7-9-19(10-8-16)32-20-11-17-5-6-18(12-20)28(17)3/h7-10,13,15,17-18,20H,4-6,11-12,14H2,1-3H3/t17-,18+,20+. The van der Waals surface area contributed by atoms with Crippen LogP contribution in [0.25, 0.3) is 15.9 Å². The van der Waals surface area contributed by atoms with Gasteiger partial charge in [-0.15, -0.1) is 11.3 Å². The van der Waals surface area contributed by atoms with Gasteiger partial charge in [0.1, 0.15) is 22.9 Å². The molecule has 4 heterocycles.